The molecule has 0 saturated carbocycles. The first-order chi connectivity index (χ1) is 7.41. The zero-order valence-electron chi connectivity index (χ0n) is 7.96. The highest BCUT2D eigenvalue weighted by atomic mass is 35.5. The standard InChI is InChI=1S/C9H8ClNO5/c10-7-2-1-5(11(15)16)3-6(7)8(12)4-9(13)14/h1-3,8,12H,4H2,(H,13,14)/t8-/m1/s1. The normalized spacial score (nSPS) is 12.1. The fraction of sp³-hybridized carbons (Fsp3) is 0.222. The molecule has 0 aromatic heterocycles. The smallest absolute Gasteiger partial charge is 0.306 e. The van der Waals surface area contributed by atoms with Gasteiger partial charge in [0, 0.05) is 22.7 Å². The Morgan fingerprint density at radius 3 is 2.69 bits per heavy atom. The lowest BCUT2D eigenvalue weighted by Crippen LogP contribution is -2.06. The second-order valence-electron chi connectivity index (χ2n) is 3.08. The summed E-state index contributed by atoms with van der Waals surface area (Å²) in [5.41, 5.74) is -0.206. The fourth-order valence-corrected chi connectivity index (χ4v) is 1.42. The van der Waals surface area contributed by atoms with Gasteiger partial charge in [0.05, 0.1) is 17.4 Å². The summed E-state index contributed by atoms with van der Waals surface area (Å²) in [6.07, 6.45) is -1.91. The molecule has 0 bridgehead atoms. The highest BCUT2D eigenvalue weighted by Gasteiger charge is 2.18. The number of hydrogen-bond acceptors (Lipinski definition) is 4. The van der Waals surface area contributed by atoms with Crippen LogP contribution < -0.4 is 0 Å². The maximum absolute atomic E-state index is 10.5. The van der Waals surface area contributed by atoms with E-state index in [0.29, 0.717) is 0 Å². The van der Waals surface area contributed by atoms with Gasteiger partial charge in [0.2, 0.25) is 0 Å². The molecular formula is C9H8ClNO5. The Morgan fingerprint density at radius 2 is 2.19 bits per heavy atom. The van der Waals surface area contributed by atoms with Crippen LogP contribution in [0.4, 0.5) is 5.69 Å². The molecule has 0 aliphatic carbocycles. The molecule has 0 amide bonds. The van der Waals surface area contributed by atoms with Crippen LogP contribution in [0.5, 0.6) is 0 Å². The maximum atomic E-state index is 10.5. The molecule has 7 heteroatoms. The highest BCUT2D eigenvalue weighted by Crippen LogP contribution is 2.28. The fourth-order valence-electron chi connectivity index (χ4n) is 1.18. The number of halogens is 1. The number of nitro groups is 1. The lowest BCUT2D eigenvalue weighted by Gasteiger charge is -2.09. The number of nitrogens with zero attached hydrogens (tertiary/aromatic N) is 1. The van der Waals surface area contributed by atoms with Crippen LogP contribution in [-0.2, 0) is 4.79 Å². The maximum Gasteiger partial charge on any atom is 0.306 e. The summed E-state index contributed by atoms with van der Waals surface area (Å²) >= 11 is 5.70. The molecule has 1 aromatic carbocycles. The van der Waals surface area contributed by atoms with Crippen molar-refractivity contribution < 1.29 is 19.9 Å². The van der Waals surface area contributed by atoms with Crippen molar-refractivity contribution in [3.05, 3.63) is 38.9 Å². The molecule has 0 heterocycles. The molecule has 2 N–H and O–H groups in total. The third-order valence-corrected chi connectivity index (χ3v) is 2.26. The summed E-state index contributed by atoms with van der Waals surface area (Å²) in [4.78, 5) is 20.2. The second-order valence-corrected chi connectivity index (χ2v) is 3.48. The van der Waals surface area contributed by atoms with Gasteiger partial charge in [-0.1, -0.05) is 11.6 Å². The van der Waals surface area contributed by atoms with E-state index >= 15 is 0 Å². The first-order valence-corrected chi connectivity index (χ1v) is 4.63. The van der Waals surface area contributed by atoms with Crippen LogP contribution in [0.25, 0.3) is 0 Å². The first-order valence-electron chi connectivity index (χ1n) is 4.25. The molecule has 0 saturated heterocycles. The van der Waals surface area contributed by atoms with Gasteiger partial charge in [-0.3, -0.25) is 14.9 Å². The Hall–Kier alpha value is -1.66. The molecule has 0 unspecified atom stereocenters. The van der Waals surface area contributed by atoms with Crippen molar-refractivity contribution >= 4 is 23.3 Å². The van der Waals surface area contributed by atoms with Crippen LogP contribution in [-0.4, -0.2) is 21.1 Å². The molecule has 1 atom stereocenters. The number of carboxylic acid groups (broad SMARTS) is 1. The SMILES string of the molecule is O=C(O)C[C@@H](O)c1cc([N+](=O)[O-])ccc1Cl. The van der Waals surface area contributed by atoms with E-state index in [4.69, 9.17) is 16.7 Å². The van der Waals surface area contributed by atoms with Crippen molar-refractivity contribution in [2.45, 2.75) is 12.5 Å². The predicted molar refractivity (Wildman–Crippen MR) is 55.3 cm³/mol. The molecule has 0 fully saturated rings. The summed E-state index contributed by atoms with van der Waals surface area (Å²) in [6.45, 7) is 0. The van der Waals surface area contributed by atoms with Crippen molar-refractivity contribution in [3.63, 3.8) is 0 Å². The van der Waals surface area contributed by atoms with Gasteiger partial charge in [-0.25, -0.2) is 0 Å². The van der Waals surface area contributed by atoms with Gasteiger partial charge in [0.15, 0.2) is 0 Å². The number of carbonyl (C=O) groups is 1. The summed E-state index contributed by atoms with van der Waals surface area (Å²) in [6, 6.07) is 3.50. The zero-order chi connectivity index (χ0) is 12.3. The van der Waals surface area contributed by atoms with Gasteiger partial charge in [-0.05, 0) is 6.07 Å². The van der Waals surface area contributed by atoms with Crippen LogP contribution in [0, 0.1) is 10.1 Å². The average molecular weight is 246 g/mol. The van der Waals surface area contributed by atoms with Gasteiger partial charge >= 0.3 is 5.97 Å². The van der Waals surface area contributed by atoms with Crippen LogP contribution >= 0.6 is 11.6 Å². The summed E-state index contributed by atoms with van der Waals surface area (Å²) < 4.78 is 0. The molecule has 16 heavy (non-hydrogen) atoms. The Balaban J connectivity index is 3.06. The van der Waals surface area contributed by atoms with E-state index in [1.807, 2.05) is 0 Å². The third-order valence-electron chi connectivity index (χ3n) is 1.92. The quantitative estimate of drug-likeness (QED) is 0.622. The number of benzene rings is 1. The Labute approximate surface area is 95.2 Å². The largest absolute Gasteiger partial charge is 0.481 e. The third kappa shape index (κ3) is 2.91. The number of hydrogen-bond donors (Lipinski definition) is 2. The van der Waals surface area contributed by atoms with Crippen LogP contribution in [0.2, 0.25) is 5.02 Å². The number of aliphatic hydroxyl groups is 1. The summed E-state index contributed by atoms with van der Waals surface area (Å²) in [5, 5.41) is 28.5. The van der Waals surface area contributed by atoms with E-state index < -0.39 is 23.4 Å². The molecular weight excluding hydrogens is 238 g/mol. The first kappa shape index (κ1) is 12.4. The molecule has 0 radical (unpaired) electrons. The Kier molecular flexibility index (Phi) is 3.81. The molecule has 86 valence electrons. The Bertz CT molecular complexity index is 434. The van der Waals surface area contributed by atoms with E-state index in [2.05, 4.69) is 0 Å². The molecule has 6 nitrogen and oxygen atoms in total. The van der Waals surface area contributed by atoms with Crippen LogP contribution in [0.1, 0.15) is 18.1 Å². The number of aliphatic carboxylic acids is 1. The lowest BCUT2D eigenvalue weighted by molar-refractivity contribution is -0.385. The second kappa shape index (κ2) is 4.91. The van der Waals surface area contributed by atoms with E-state index in [0.717, 1.165) is 6.07 Å². The molecule has 1 aromatic rings. The minimum atomic E-state index is -1.36. The highest BCUT2D eigenvalue weighted by molar-refractivity contribution is 6.31. The topological polar surface area (TPSA) is 101 Å². The summed E-state index contributed by atoms with van der Waals surface area (Å²) in [7, 11) is 0. The number of carboxylic acids is 1. The zero-order valence-corrected chi connectivity index (χ0v) is 8.72. The van der Waals surface area contributed by atoms with Gasteiger partial charge in [-0.15, -0.1) is 0 Å². The van der Waals surface area contributed by atoms with Crippen LogP contribution in [0.3, 0.4) is 0 Å². The van der Waals surface area contributed by atoms with Gasteiger partial charge in [0.25, 0.3) is 5.69 Å². The van der Waals surface area contributed by atoms with E-state index in [9.17, 15) is 20.0 Å². The number of nitro benzene ring substituents is 1. The molecule has 0 spiro atoms. The van der Waals surface area contributed by atoms with Crippen LogP contribution in [0.15, 0.2) is 18.2 Å². The van der Waals surface area contributed by atoms with Gasteiger partial charge < -0.3 is 10.2 Å². The van der Waals surface area contributed by atoms with Gasteiger partial charge in [0.1, 0.15) is 0 Å². The Morgan fingerprint density at radius 1 is 1.56 bits per heavy atom. The predicted octanol–water partition coefficient (Wildman–Crippen LogP) is 1.76. The molecule has 0 aliphatic heterocycles. The lowest BCUT2D eigenvalue weighted by atomic mass is 10.1. The van der Waals surface area contributed by atoms with Crippen molar-refractivity contribution in [2.24, 2.45) is 0 Å². The average Bonchev–Trinajstić information content (AvgIpc) is 2.16. The number of rotatable bonds is 4. The molecule has 0 aliphatic rings. The van der Waals surface area contributed by atoms with Crippen molar-refractivity contribution in [2.75, 3.05) is 0 Å². The van der Waals surface area contributed by atoms with E-state index in [1.165, 1.54) is 12.1 Å². The van der Waals surface area contributed by atoms with Gasteiger partial charge in [-0.2, -0.15) is 0 Å². The molecule has 1 rings (SSSR count). The van der Waals surface area contributed by atoms with Crippen molar-refractivity contribution in [1.82, 2.24) is 0 Å². The monoisotopic (exact) mass is 245 g/mol. The number of aliphatic hydroxyl groups excluding tert-OH is 1. The van der Waals surface area contributed by atoms with Crippen molar-refractivity contribution in [3.8, 4) is 0 Å². The van der Waals surface area contributed by atoms with E-state index in [-0.39, 0.29) is 16.3 Å². The summed E-state index contributed by atoms with van der Waals surface area (Å²) in [5.74, 6) is -1.21. The minimum absolute atomic E-state index is 0.0401. The van der Waals surface area contributed by atoms with Crippen molar-refractivity contribution in [1.29, 1.82) is 0 Å². The van der Waals surface area contributed by atoms with E-state index in [1.54, 1.807) is 0 Å². The minimum Gasteiger partial charge on any atom is -0.481 e. The number of non-ortho nitro benzene ring substituents is 1.